The summed E-state index contributed by atoms with van der Waals surface area (Å²) in [7, 11) is 0. The number of rotatable bonds is 4. The van der Waals surface area contributed by atoms with Gasteiger partial charge in [0, 0.05) is 17.0 Å². The first-order chi connectivity index (χ1) is 10.7. The van der Waals surface area contributed by atoms with E-state index < -0.39 is 0 Å². The van der Waals surface area contributed by atoms with Crippen molar-refractivity contribution in [3.8, 4) is 5.75 Å². The summed E-state index contributed by atoms with van der Waals surface area (Å²) < 4.78 is 11.0. The molecule has 0 aliphatic heterocycles. The Kier molecular flexibility index (Phi) is 3.54. The van der Waals surface area contributed by atoms with Crippen LogP contribution in [0.2, 0.25) is 5.02 Å². The number of nitrogens with two attached hydrogens (primary N) is 1. The van der Waals surface area contributed by atoms with Crippen LogP contribution in [0.3, 0.4) is 0 Å². The Morgan fingerprint density at radius 2 is 2.05 bits per heavy atom. The minimum Gasteiger partial charge on any atom is -0.485 e. The molecule has 4 rings (SSSR count). The van der Waals surface area contributed by atoms with Gasteiger partial charge in [-0.2, -0.15) is 4.98 Å². The first-order valence-corrected chi connectivity index (χ1v) is 8.03. The highest BCUT2D eigenvalue weighted by molar-refractivity contribution is 6.30. The molecule has 4 atom stereocenters. The molecule has 6 heteroatoms. The first kappa shape index (κ1) is 14.0. The van der Waals surface area contributed by atoms with Crippen LogP contribution in [-0.4, -0.2) is 16.2 Å². The third kappa shape index (κ3) is 2.59. The Hall–Kier alpha value is -1.59. The fourth-order valence-corrected chi connectivity index (χ4v) is 3.78. The average Bonchev–Trinajstić information content (AvgIpc) is 3.10. The lowest BCUT2D eigenvalue weighted by atomic mass is 9.72. The second kappa shape index (κ2) is 5.56. The number of hydrogen-bond donors (Lipinski definition) is 1. The Balaban J connectivity index is 1.36. The smallest absolute Gasteiger partial charge is 0.229 e. The van der Waals surface area contributed by atoms with Gasteiger partial charge in [0.25, 0.3) is 0 Å². The molecule has 2 saturated carbocycles. The van der Waals surface area contributed by atoms with E-state index in [1.54, 1.807) is 12.1 Å². The molecule has 0 spiro atoms. The fourth-order valence-electron chi connectivity index (χ4n) is 3.65. The van der Waals surface area contributed by atoms with Crippen molar-refractivity contribution in [3.63, 3.8) is 0 Å². The van der Waals surface area contributed by atoms with Gasteiger partial charge in [-0.25, -0.2) is 0 Å². The van der Waals surface area contributed by atoms with E-state index in [2.05, 4.69) is 10.1 Å². The Morgan fingerprint density at radius 1 is 1.23 bits per heavy atom. The second-order valence-corrected chi connectivity index (χ2v) is 6.72. The summed E-state index contributed by atoms with van der Waals surface area (Å²) in [6.45, 7) is 0.296. The highest BCUT2D eigenvalue weighted by Gasteiger charge is 2.47. The number of aromatic nitrogens is 2. The van der Waals surface area contributed by atoms with Crippen LogP contribution in [0.25, 0.3) is 0 Å². The molecule has 1 aromatic carbocycles. The van der Waals surface area contributed by atoms with Gasteiger partial charge in [-0.1, -0.05) is 16.8 Å². The molecule has 2 aliphatic carbocycles. The van der Waals surface area contributed by atoms with E-state index in [4.69, 9.17) is 26.6 Å². The quantitative estimate of drug-likeness (QED) is 0.937. The van der Waals surface area contributed by atoms with Crippen LogP contribution in [0.4, 0.5) is 0 Å². The standard InChI is InChI=1S/C16H18ClN3O2/c17-11-1-3-12(4-2-11)21-8-15-19-16(22-20-15)10-5-9-7-14(18)13(9)6-10/h1-4,9-10,13-14H,5-8,18H2/t9-,10?,13-,14+/m0/s1. The van der Waals surface area contributed by atoms with Crippen LogP contribution >= 0.6 is 11.6 Å². The molecule has 0 bridgehead atoms. The molecule has 1 heterocycles. The minimum atomic E-state index is 0.296. The lowest BCUT2D eigenvalue weighted by Crippen LogP contribution is -2.44. The summed E-state index contributed by atoms with van der Waals surface area (Å²) in [6.07, 6.45) is 3.34. The van der Waals surface area contributed by atoms with E-state index in [0.29, 0.717) is 35.3 Å². The lowest BCUT2D eigenvalue weighted by Gasteiger charge is -2.37. The molecule has 5 nitrogen and oxygen atoms in total. The molecule has 0 radical (unpaired) electrons. The van der Waals surface area contributed by atoms with Gasteiger partial charge < -0.3 is 15.0 Å². The minimum absolute atomic E-state index is 0.296. The van der Waals surface area contributed by atoms with Gasteiger partial charge in [-0.3, -0.25) is 0 Å². The molecule has 22 heavy (non-hydrogen) atoms. The zero-order valence-electron chi connectivity index (χ0n) is 12.1. The molecule has 2 N–H and O–H groups in total. The summed E-state index contributed by atoms with van der Waals surface area (Å²) in [5.74, 6) is 3.80. The number of hydrogen-bond acceptors (Lipinski definition) is 5. The van der Waals surface area contributed by atoms with Crippen molar-refractivity contribution in [2.24, 2.45) is 17.6 Å². The molecule has 2 aliphatic rings. The van der Waals surface area contributed by atoms with Crippen molar-refractivity contribution in [2.75, 3.05) is 0 Å². The van der Waals surface area contributed by atoms with Crippen LogP contribution in [0.5, 0.6) is 5.75 Å². The maximum absolute atomic E-state index is 6.04. The van der Waals surface area contributed by atoms with Crippen LogP contribution in [0.1, 0.15) is 36.9 Å². The van der Waals surface area contributed by atoms with Crippen molar-refractivity contribution in [2.45, 2.75) is 37.8 Å². The van der Waals surface area contributed by atoms with Gasteiger partial charge in [0.2, 0.25) is 11.7 Å². The first-order valence-electron chi connectivity index (χ1n) is 7.65. The zero-order chi connectivity index (χ0) is 15.1. The van der Waals surface area contributed by atoms with Crippen LogP contribution in [0.15, 0.2) is 28.8 Å². The Morgan fingerprint density at radius 3 is 2.77 bits per heavy atom. The van der Waals surface area contributed by atoms with Crippen molar-refractivity contribution in [3.05, 3.63) is 41.0 Å². The SMILES string of the molecule is N[C@@H]1C[C@@H]2CC(c3nc(COc4ccc(Cl)cc4)no3)C[C@@H]21. The van der Waals surface area contributed by atoms with Gasteiger partial charge in [0.1, 0.15) is 5.75 Å². The van der Waals surface area contributed by atoms with Gasteiger partial charge in [-0.05, 0) is 55.4 Å². The molecule has 1 unspecified atom stereocenters. The van der Waals surface area contributed by atoms with E-state index in [0.717, 1.165) is 36.8 Å². The van der Waals surface area contributed by atoms with Gasteiger partial charge in [0.15, 0.2) is 6.61 Å². The molecule has 2 fully saturated rings. The summed E-state index contributed by atoms with van der Waals surface area (Å²) >= 11 is 5.84. The van der Waals surface area contributed by atoms with Crippen molar-refractivity contribution < 1.29 is 9.26 Å². The normalized spacial score (nSPS) is 29.9. The van der Waals surface area contributed by atoms with Gasteiger partial charge in [-0.15, -0.1) is 0 Å². The number of nitrogens with zero attached hydrogens (tertiary/aromatic N) is 2. The van der Waals surface area contributed by atoms with Gasteiger partial charge in [0.05, 0.1) is 0 Å². The van der Waals surface area contributed by atoms with E-state index in [1.165, 1.54) is 0 Å². The van der Waals surface area contributed by atoms with Crippen LogP contribution in [0, 0.1) is 11.8 Å². The van der Waals surface area contributed by atoms with E-state index in [-0.39, 0.29) is 0 Å². The van der Waals surface area contributed by atoms with Crippen LogP contribution in [-0.2, 0) is 6.61 Å². The van der Waals surface area contributed by atoms with Crippen LogP contribution < -0.4 is 10.5 Å². The maximum Gasteiger partial charge on any atom is 0.229 e. The monoisotopic (exact) mass is 319 g/mol. The third-order valence-electron chi connectivity index (χ3n) is 4.89. The predicted molar refractivity (Wildman–Crippen MR) is 81.6 cm³/mol. The molecule has 1 aromatic heterocycles. The molecule has 0 saturated heterocycles. The summed E-state index contributed by atoms with van der Waals surface area (Å²) in [5.41, 5.74) is 6.04. The molecule has 116 valence electrons. The summed E-state index contributed by atoms with van der Waals surface area (Å²) in [5, 5.41) is 4.70. The highest BCUT2D eigenvalue weighted by atomic mass is 35.5. The second-order valence-electron chi connectivity index (χ2n) is 6.28. The average molecular weight is 320 g/mol. The summed E-state index contributed by atoms with van der Waals surface area (Å²) in [4.78, 5) is 4.48. The lowest BCUT2D eigenvalue weighted by molar-refractivity contribution is 0.173. The molecular weight excluding hydrogens is 302 g/mol. The zero-order valence-corrected chi connectivity index (χ0v) is 12.9. The molecular formula is C16H18ClN3O2. The van der Waals surface area contributed by atoms with E-state index in [9.17, 15) is 0 Å². The largest absolute Gasteiger partial charge is 0.485 e. The number of halogens is 1. The van der Waals surface area contributed by atoms with Gasteiger partial charge >= 0.3 is 0 Å². The Bertz CT molecular complexity index is 658. The molecule has 2 aromatic rings. The van der Waals surface area contributed by atoms with Crippen molar-refractivity contribution in [1.29, 1.82) is 0 Å². The number of benzene rings is 1. The van der Waals surface area contributed by atoms with Crippen molar-refractivity contribution >= 4 is 11.6 Å². The topological polar surface area (TPSA) is 74.2 Å². The maximum atomic E-state index is 6.04. The van der Waals surface area contributed by atoms with E-state index >= 15 is 0 Å². The highest BCUT2D eigenvalue weighted by Crippen LogP contribution is 2.51. The van der Waals surface area contributed by atoms with E-state index in [1.807, 2.05) is 12.1 Å². The predicted octanol–water partition coefficient (Wildman–Crippen LogP) is 3.14. The third-order valence-corrected chi connectivity index (χ3v) is 5.14. The Labute approximate surface area is 133 Å². The fraction of sp³-hybridized carbons (Fsp3) is 0.500. The van der Waals surface area contributed by atoms with Crippen molar-refractivity contribution in [1.82, 2.24) is 10.1 Å². The molecule has 0 amide bonds. The number of fused-ring (bicyclic) bond motifs is 1. The summed E-state index contributed by atoms with van der Waals surface area (Å²) in [6, 6.07) is 7.58. The number of ether oxygens (including phenoxy) is 1.